The summed E-state index contributed by atoms with van der Waals surface area (Å²) in [5, 5.41) is 2.75. The lowest BCUT2D eigenvalue weighted by atomic mass is 10.2. The number of nitrogens with zero attached hydrogens (tertiary/aromatic N) is 3. The number of rotatable bonds is 4. The standard InChI is InChI=1S/C20H26N4O3/c25-18(24-10-7-15-3-1-2-4-17(15)24)8-9-22-11-13-23(14-12-22)20(27)19(26)21-16-5-6-16/h1-4,16H,5-14H2,(H,21,26). The van der Waals surface area contributed by atoms with Crippen molar-refractivity contribution in [3.63, 3.8) is 0 Å². The van der Waals surface area contributed by atoms with Gasteiger partial charge in [-0.2, -0.15) is 0 Å². The molecule has 4 rings (SSSR count). The average molecular weight is 370 g/mol. The molecule has 2 heterocycles. The zero-order chi connectivity index (χ0) is 18.8. The Morgan fingerprint density at radius 2 is 1.74 bits per heavy atom. The fourth-order valence-corrected chi connectivity index (χ4v) is 3.78. The fraction of sp³-hybridized carbons (Fsp3) is 0.550. The van der Waals surface area contributed by atoms with Gasteiger partial charge < -0.3 is 15.1 Å². The quantitative estimate of drug-likeness (QED) is 0.778. The molecule has 1 aliphatic carbocycles. The molecule has 7 heteroatoms. The second kappa shape index (κ2) is 7.68. The van der Waals surface area contributed by atoms with E-state index in [-0.39, 0.29) is 11.9 Å². The maximum Gasteiger partial charge on any atom is 0.311 e. The largest absolute Gasteiger partial charge is 0.345 e. The van der Waals surface area contributed by atoms with Gasteiger partial charge >= 0.3 is 11.8 Å². The minimum Gasteiger partial charge on any atom is -0.345 e. The number of hydrogen-bond acceptors (Lipinski definition) is 4. The predicted octanol–water partition coefficient (Wildman–Crippen LogP) is 0.389. The van der Waals surface area contributed by atoms with Crippen LogP contribution in [0.3, 0.4) is 0 Å². The zero-order valence-electron chi connectivity index (χ0n) is 15.5. The van der Waals surface area contributed by atoms with Crippen LogP contribution in [0.1, 0.15) is 24.8 Å². The second-order valence-corrected chi connectivity index (χ2v) is 7.56. The molecule has 3 amide bonds. The van der Waals surface area contributed by atoms with Gasteiger partial charge in [0.1, 0.15) is 0 Å². The fourth-order valence-electron chi connectivity index (χ4n) is 3.78. The Morgan fingerprint density at radius 3 is 2.48 bits per heavy atom. The highest BCUT2D eigenvalue weighted by Crippen LogP contribution is 2.27. The Morgan fingerprint density at radius 1 is 1.00 bits per heavy atom. The molecule has 2 fully saturated rings. The van der Waals surface area contributed by atoms with E-state index in [9.17, 15) is 14.4 Å². The number of hydrogen-bond donors (Lipinski definition) is 1. The SMILES string of the molecule is O=C(NC1CC1)C(=O)N1CCN(CCC(=O)N2CCc3ccccc32)CC1. The molecule has 27 heavy (non-hydrogen) atoms. The van der Waals surface area contributed by atoms with Gasteiger partial charge in [-0.15, -0.1) is 0 Å². The van der Waals surface area contributed by atoms with Crippen molar-refractivity contribution in [2.24, 2.45) is 0 Å². The first kappa shape index (κ1) is 18.0. The first-order valence-corrected chi connectivity index (χ1v) is 9.82. The Kier molecular flexibility index (Phi) is 5.11. The molecule has 0 aromatic heterocycles. The van der Waals surface area contributed by atoms with Gasteiger partial charge in [0.2, 0.25) is 5.91 Å². The summed E-state index contributed by atoms with van der Waals surface area (Å²) in [4.78, 5) is 42.3. The van der Waals surface area contributed by atoms with Gasteiger partial charge in [0.05, 0.1) is 0 Å². The third-order valence-corrected chi connectivity index (χ3v) is 5.60. The summed E-state index contributed by atoms with van der Waals surface area (Å²) in [5.41, 5.74) is 2.28. The molecule has 1 N–H and O–H groups in total. The Labute approximate surface area is 159 Å². The lowest BCUT2D eigenvalue weighted by Crippen LogP contribution is -2.53. The molecule has 0 unspecified atom stereocenters. The van der Waals surface area contributed by atoms with Crippen molar-refractivity contribution in [3.8, 4) is 0 Å². The van der Waals surface area contributed by atoms with E-state index in [1.165, 1.54) is 5.56 Å². The van der Waals surface area contributed by atoms with Crippen molar-refractivity contribution in [1.82, 2.24) is 15.1 Å². The van der Waals surface area contributed by atoms with Crippen molar-refractivity contribution >= 4 is 23.4 Å². The van der Waals surface area contributed by atoms with Gasteiger partial charge in [-0.05, 0) is 30.9 Å². The summed E-state index contributed by atoms with van der Waals surface area (Å²) in [5.74, 6) is -0.748. The van der Waals surface area contributed by atoms with Crippen LogP contribution < -0.4 is 10.2 Å². The van der Waals surface area contributed by atoms with Crippen LogP contribution in [0.2, 0.25) is 0 Å². The topological polar surface area (TPSA) is 73.0 Å². The number of nitrogens with one attached hydrogen (secondary N) is 1. The van der Waals surface area contributed by atoms with Crippen molar-refractivity contribution in [2.45, 2.75) is 31.7 Å². The number of carbonyl (C=O) groups is 3. The third-order valence-electron chi connectivity index (χ3n) is 5.60. The van der Waals surface area contributed by atoms with Gasteiger partial charge in [0.25, 0.3) is 0 Å². The molecule has 144 valence electrons. The smallest absolute Gasteiger partial charge is 0.311 e. The van der Waals surface area contributed by atoms with E-state index in [0.29, 0.717) is 39.1 Å². The first-order chi connectivity index (χ1) is 13.1. The lowest BCUT2D eigenvalue weighted by molar-refractivity contribution is -0.147. The molecule has 3 aliphatic rings. The summed E-state index contributed by atoms with van der Waals surface area (Å²) in [7, 11) is 0. The van der Waals surface area contributed by atoms with E-state index in [0.717, 1.165) is 31.5 Å². The maximum atomic E-state index is 12.6. The molecule has 1 aromatic carbocycles. The number of carbonyl (C=O) groups excluding carboxylic acids is 3. The minimum atomic E-state index is -0.478. The van der Waals surface area contributed by atoms with Gasteiger partial charge in [-0.25, -0.2) is 0 Å². The summed E-state index contributed by atoms with van der Waals surface area (Å²) in [6.07, 6.45) is 3.35. The van der Waals surface area contributed by atoms with E-state index in [1.54, 1.807) is 4.90 Å². The van der Waals surface area contributed by atoms with Gasteiger partial charge in [-0.1, -0.05) is 18.2 Å². The molecule has 1 aromatic rings. The molecule has 0 bridgehead atoms. The normalized spacial score (nSPS) is 19.7. The van der Waals surface area contributed by atoms with E-state index in [4.69, 9.17) is 0 Å². The Bertz CT molecular complexity index is 738. The highest BCUT2D eigenvalue weighted by Gasteiger charge is 2.31. The number of fused-ring (bicyclic) bond motifs is 1. The highest BCUT2D eigenvalue weighted by atomic mass is 16.2. The highest BCUT2D eigenvalue weighted by molar-refractivity contribution is 6.35. The molecule has 2 aliphatic heterocycles. The maximum absolute atomic E-state index is 12.6. The zero-order valence-corrected chi connectivity index (χ0v) is 15.5. The summed E-state index contributed by atoms with van der Waals surface area (Å²) in [6.45, 7) is 3.93. The molecular weight excluding hydrogens is 344 g/mol. The molecule has 0 spiro atoms. The number of piperazine rings is 1. The number of anilines is 1. The van der Waals surface area contributed by atoms with Crippen LogP contribution in [0.25, 0.3) is 0 Å². The molecule has 1 saturated heterocycles. The van der Waals surface area contributed by atoms with Crippen LogP contribution in [-0.4, -0.2) is 72.8 Å². The molecule has 7 nitrogen and oxygen atoms in total. The lowest BCUT2D eigenvalue weighted by Gasteiger charge is -2.34. The summed E-state index contributed by atoms with van der Waals surface area (Å²) < 4.78 is 0. The predicted molar refractivity (Wildman–Crippen MR) is 101 cm³/mol. The van der Waals surface area contributed by atoms with Gasteiger partial charge in [0, 0.05) is 57.4 Å². The monoisotopic (exact) mass is 370 g/mol. The van der Waals surface area contributed by atoms with Crippen molar-refractivity contribution in [2.75, 3.05) is 44.2 Å². The van der Waals surface area contributed by atoms with E-state index < -0.39 is 11.8 Å². The van der Waals surface area contributed by atoms with Crippen LogP contribution in [0.4, 0.5) is 5.69 Å². The van der Waals surface area contributed by atoms with Crippen LogP contribution in [-0.2, 0) is 20.8 Å². The van der Waals surface area contributed by atoms with Gasteiger partial charge in [-0.3, -0.25) is 19.3 Å². The Balaban J connectivity index is 1.21. The summed E-state index contributed by atoms with van der Waals surface area (Å²) in [6, 6.07) is 8.28. The molecular formula is C20H26N4O3. The minimum absolute atomic E-state index is 0.155. The van der Waals surface area contributed by atoms with Crippen LogP contribution in [0.5, 0.6) is 0 Å². The Hall–Kier alpha value is -2.41. The number of amides is 3. The van der Waals surface area contributed by atoms with Crippen molar-refractivity contribution < 1.29 is 14.4 Å². The molecule has 1 saturated carbocycles. The van der Waals surface area contributed by atoms with Crippen molar-refractivity contribution in [3.05, 3.63) is 29.8 Å². The van der Waals surface area contributed by atoms with Crippen molar-refractivity contribution in [1.29, 1.82) is 0 Å². The number of para-hydroxylation sites is 1. The second-order valence-electron chi connectivity index (χ2n) is 7.56. The number of benzene rings is 1. The summed E-state index contributed by atoms with van der Waals surface area (Å²) >= 11 is 0. The first-order valence-electron chi connectivity index (χ1n) is 9.82. The average Bonchev–Trinajstić information content (AvgIpc) is 3.40. The van der Waals surface area contributed by atoms with E-state index in [1.807, 2.05) is 23.1 Å². The van der Waals surface area contributed by atoms with Crippen LogP contribution in [0, 0.1) is 0 Å². The van der Waals surface area contributed by atoms with Gasteiger partial charge in [0.15, 0.2) is 0 Å². The van der Waals surface area contributed by atoms with Crippen LogP contribution in [0.15, 0.2) is 24.3 Å². The molecule has 0 atom stereocenters. The van der Waals surface area contributed by atoms with E-state index in [2.05, 4.69) is 16.3 Å². The molecule has 0 radical (unpaired) electrons. The van der Waals surface area contributed by atoms with E-state index >= 15 is 0 Å². The third kappa shape index (κ3) is 4.13. The van der Waals surface area contributed by atoms with Crippen LogP contribution >= 0.6 is 0 Å².